The Morgan fingerprint density at radius 1 is 1.04 bits per heavy atom. The third-order valence-corrected chi connectivity index (χ3v) is 5.20. The molecule has 4 aromatic rings. The second kappa shape index (κ2) is 4.02. The monoisotopic (exact) mass is 298 g/mol. The van der Waals surface area contributed by atoms with Crippen LogP contribution >= 0.6 is 0 Å². The van der Waals surface area contributed by atoms with E-state index < -0.39 is 0 Å². The highest BCUT2D eigenvalue weighted by molar-refractivity contribution is 6.03. The molecule has 0 radical (unpaired) electrons. The zero-order valence-corrected chi connectivity index (χ0v) is 13.6. The van der Waals surface area contributed by atoms with Crippen molar-refractivity contribution in [3.05, 3.63) is 71.7 Å². The van der Waals surface area contributed by atoms with Crippen LogP contribution in [0.1, 0.15) is 30.7 Å². The van der Waals surface area contributed by atoms with Gasteiger partial charge < -0.3 is 4.40 Å². The standard InChI is InChI=1S/C21H18N2/c1-13-10-17-19(22-12-13)16-8-4-6-14-11-15-7-5-9-23(15)20(18(14)16)21(17,2)3/h4-12H,1-3H3. The molecule has 1 aliphatic carbocycles. The van der Waals surface area contributed by atoms with Crippen molar-refractivity contribution >= 4 is 16.3 Å². The molecule has 0 amide bonds. The molecule has 5 rings (SSSR count). The number of benzene rings is 1. The molecule has 23 heavy (non-hydrogen) atoms. The molecule has 2 nitrogen and oxygen atoms in total. The molecule has 0 aliphatic heterocycles. The van der Waals surface area contributed by atoms with E-state index in [-0.39, 0.29) is 5.41 Å². The van der Waals surface area contributed by atoms with Gasteiger partial charge >= 0.3 is 0 Å². The molecule has 0 saturated carbocycles. The lowest BCUT2D eigenvalue weighted by molar-refractivity contribution is 0.609. The van der Waals surface area contributed by atoms with Crippen molar-refractivity contribution in [3.8, 4) is 11.3 Å². The van der Waals surface area contributed by atoms with E-state index in [0.717, 1.165) is 5.69 Å². The molecule has 0 fully saturated rings. The lowest BCUT2D eigenvalue weighted by Gasteiger charge is -2.35. The quantitative estimate of drug-likeness (QED) is 0.441. The van der Waals surface area contributed by atoms with Gasteiger partial charge in [-0.15, -0.1) is 0 Å². The summed E-state index contributed by atoms with van der Waals surface area (Å²) >= 11 is 0. The lowest BCUT2D eigenvalue weighted by Crippen LogP contribution is -2.27. The molecule has 1 aromatic carbocycles. The van der Waals surface area contributed by atoms with Crippen molar-refractivity contribution in [2.24, 2.45) is 0 Å². The summed E-state index contributed by atoms with van der Waals surface area (Å²) in [4.78, 5) is 4.80. The minimum Gasteiger partial charge on any atom is -0.319 e. The van der Waals surface area contributed by atoms with Crippen LogP contribution in [0, 0.1) is 6.92 Å². The molecule has 0 spiro atoms. The van der Waals surface area contributed by atoms with Gasteiger partial charge in [0, 0.05) is 40.0 Å². The van der Waals surface area contributed by atoms with Gasteiger partial charge in [0.25, 0.3) is 0 Å². The molecule has 3 heterocycles. The number of aryl methyl sites for hydroxylation is 1. The summed E-state index contributed by atoms with van der Waals surface area (Å²) in [6, 6.07) is 15.4. The van der Waals surface area contributed by atoms with Gasteiger partial charge in [-0.1, -0.05) is 38.1 Å². The maximum Gasteiger partial charge on any atom is 0.0750 e. The number of hydrogen-bond donors (Lipinski definition) is 0. The van der Waals surface area contributed by atoms with E-state index >= 15 is 0 Å². The minimum atomic E-state index is -0.0838. The highest BCUT2D eigenvalue weighted by Crippen LogP contribution is 2.48. The fourth-order valence-corrected chi connectivity index (χ4v) is 4.15. The Hall–Kier alpha value is -2.61. The fraction of sp³-hybridized carbons (Fsp3) is 0.190. The average Bonchev–Trinajstić information content (AvgIpc) is 2.98. The van der Waals surface area contributed by atoms with Crippen molar-refractivity contribution in [2.75, 3.05) is 0 Å². The Labute approximate surface area is 135 Å². The largest absolute Gasteiger partial charge is 0.319 e. The summed E-state index contributed by atoms with van der Waals surface area (Å²) in [7, 11) is 0. The van der Waals surface area contributed by atoms with Gasteiger partial charge in [0.1, 0.15) is 0 Å². The Balaban J connectivity index is 2.10. The van der Waals surface area contributed by atoms with Crippen LogP contribution in [0.3, 0.4) is 0 Å². The summed E-state index contributed by atoms with van der Waals surface area (Å²) in [6.07, 6.45) is 4.16. The molecule has 112 valence electrons. The zero-order valence-electron chi connectivity index (χ0n) is 13.6. The van der Waals surface area contributed by atoms with Crippen molar-refractivity contribution in [3.63, 3.8) is 0 Å². The van der Waals surface area contributed by atoms with Crippen LogP contribution in [-0.4, -0.2) is 9.38 Å². The van der Waals surface area contributed by atoms with E-state index in [1.807, 2.05) is 6.20 Å². The fourth-order valence-electron chi connectivity index (χ4n) is 4.15. The number of aromatic nitrogens is 2. The molecular weight excluding hydrogens is 280 g/mol. The van der Waals surface area contributed by atoms with Crippen LogP contribution in [0.25, 0.3) is 27.5 Å². The van der Waals surface area contributed by atoms with E-state index in [2.05, 4.69) is 73.8 Å². The summed E-state index contributed by atoms with van der Waals surface area (Å²) < 4.78 is 2.34. The highest BCUT2D eigenvalue weighted by atomic mass is 14.9. The van der Waals surface area contributed by atoms with E-state index in [9.17, 15) is 0 Å². The maximum atomic E-state index is 4.80. The molecule has 0 bridgehead atoms. The SMILES string of the molecule is Cc1cnc2c(c1)C(C)(C)c1c3c-2cccc3cc2cccn12. The van der Waals surface area contributed by atoms with Crippen LogP contribution < -0.4 is 0 Å². The molecule has 1 aliphatic rings. The van der Waals surface area contributed by atoms with Gasteiger partial charge in [0.15, 0.2) is 0 Å². The Bertz CT molecular complexity index is 1100. The number of fused-ring (bicyclic) bond motifs is 4. The first-order valence-corrected chi connectivity index (χ1v) is 8.08. The Kier molecular flexibility index (Phi) is 2.25. The van der Waals surface area contributed by atoms with Gasteiger partial charge in [-0.25, -0.2) is 0 Å². The smallest absolute Gasteiger partial charge is 0.0750 e. The first-order valence-electron chi connectivity index (χ1n) is 8.08. The Morgan fingerprint density at radius 2 is 1.91 bits per heavy atom. The van der Waals surface area contributed by atoms with Crippen LogP contribution in [0.15, 0.2) is 54.9 Å². The van der Waals surface area contributed by atoms with Gasteiger partial charge in [-0.05, 0) is 41.6 Å². The van der Waals surface area contributed by atoms with E-state index in [1.54, 1.807) is 0 Å². The molecule has 0 saturated heterocycles. The van der Waals surface area contributed by atoms with Gasteiger partial charge in [-0.3, -0.25) is 4.98 Å². The van der Waals surface area contributed by atoms with Gasteiger partial charge in [-0.2, -0.15) is 0 Å². The molecule has 0 N–H and O–H groups in total. The summed E-state index contributed by atoms with van der Waals surface area (Å²) in [6.45, 7) is 6.75. The van der Waals surface area contributed by atoms with Crippen LogP contribution in [0.2, 0.25) is 0 Å². The third-order valence-electron chi connectivity index (χ3n) is 5.20. The van der Waals surface area contributed by atoms with E-state index in [4.69, 9.17) is 4.98 Å². The predicted molar refractivity (Wildman–Crippen MR) is 95.0 cm³/mol. The van der Waals surface area contributed by atoms with E-state index in [0.29, 0.717) is 0 Å². The molecular formula is C21H18N2. The van der Waals surface area contributed by atoms with Crippen molar-refractivity contribution < 1.29 is 0 Å². The third kappa shape index (κ3) is 1.51. The molecule has 0 atom stereocenters. The highest BCUT2D eigenvalue weighted by Gasteiger charge is 2.36. The topological polar surface area (TPSA) is 17.3 Å². The lowest BCUT2D eigenvalue weighted by atomic mass is 9.72. The first kappa shape index (κ1) is 12.9. The van der Waals surface area contributed by atoms with Crippen molar-refractivity contribution in [1.29, 1.82) is 0 Å². The maximum absolute atomic E-state index is 4.80. The molecule has 2 heteroatoms. The average molecular weight is 298 g/mol. The van der Waals surface area contributed by atoms with E-state index in [1.165, 1.54) is 38.7 Å². The van der Waals surface area contributed by atoms with Crippen LogP contribution in [0.4, 0.5) is 0 Å². The van der Waals surface area contributed by atoms with Gasteiger partial charge in [0.2, 0.25) is 0 Å². The molecule has 0 unspecified atom stereocenters. The number of hydrogen-bond acceptors (Lipinski definition) is 1. The normalized spacial score (nSPS) is 15.1. The van der Waals surface area contributed by atoms with Gasteiger partial charge in [0.05, 0.1) is 5.69 Å². The summed E-state index contributed by atoms with van der Waals surface area (Å²) in [5.41, 5.74) is 7.45. The summed E-state index contributed by atoms with van der Waals surface area (Å²) in [5.74, 6) is 0. The van der Waals surface area contributed by atoms with Crippen LogP contribution in [0.5, 0.6) is 0 Å². The summed E-state index contributed by atoms with van der Waals surface area (Å²) in [5, 5.41) is 2.63. The Morgan fingerprint density at radius 3 is 2.78 bits per heavy atom. The number of nitrogens with zero attached hydrogens (tertiary/aromatic N) is 2. The predicted octanol–water partition coefficient (Wildman–Crippen LogP) is 5.10. The number of pyridine rings is 2. The number of rotatable bonds is 0. The molecule has 3 aromatic heterocycles. The van der Waals surface area contributed by atoms with Crippen molar-refractivity contribution in [2.45, 2.75) is 26.2 Å². The first-order chi connectivity index (χ1) is 11.1. The second-order valence-corrected chi connectivity index (χ2v) is 7.10. The minimum absolute atomic E-state index is 0.0838. The van der Waals surface area contributed by atoms with Crippen molar-refractivity contribution in [1.82, 2.24) is 9.38 Å². The second-order valence-electron chi connectivity index (χ2n) is 7.10. The van der Waals surface area contributed by atoms with Crippen LogP contribution in [-0.2, 0) is 5.41 Å². The zero-order chi connectivity index (χ0) is 15.8.